The Labute approximate surface area is 156 Å². The van der Waals surface area contributed by atoms with Gasteiger partial charge in [-0.3, -0.25) is 19.3 Å². The number of nitrogens with zero attached hydrogens (tertiary/aromatic N) is 1. The van der Waals surface area contributed by atoms with E-state index >= 15 is 0 Å². The predicted octanol–water partition coefficient (Wildman–Crippen LogP) is 3.52. The fraction of sp³-hybridized carbons (Fsp3) is 0.389. The van der Waals surface area contributed by atoms with E-state index in [2.05, 4.69) is 5.32 Å². The average molecular weight is 381 g/mol. The number of anilines is 1. The summed E-state index contributed by atoms with van der Waals surface area (Å²) in [5.74, 6) is -1.60. The van der Waals surface area contributed by atoms with Gasteiger partial charge in [-0.1, -0.05) is 42.3 Å². The Hall–Kier alpha value is -1.85. The lowest BCUT2D eigenvalue weighted by atomic mass is 9.76. The first kappa shape index (κ1) is 18.0. The highest BCUT2D eigenvalue weighted by Gasteiger charge is 2.50. The second kappa shape index (κ2) is 7.18. The molecule has 0 unspecified atom stereocenters. The van der Waals surface area contributed by atoms with Crippen molar-refractivity contribution in [1.29, 1.82) is 0 Å². The summed E-state index contributed by atoms with van der Waals surface area (Å²) in [7, 11) is 0. The van der Waals surface area contributed by atoms with Crippen molar-refractivity contribution in [1.82, 2.24) is 4.90 Å². The molecule has 1 aliphatic carbocycles. The molecule has 1 fully saturated rings. The van der Waals surface area contributed by atoms with E-state index < -0.39 is 5.91 Å². The van der Waals surface area contributed by atoms with Gasteiger partial charge in [-0.15, -0.1) is 0 Å². The zero-order chi connectivity index (χ0) is 18.1. The van der Waals surface area contributed by atoms with Gasteiger partial charge in [0.05, 0.1) is 21.9 Å². The fourth-order valence-corrected chi connectivity index (χ4v) is 3.83. The van der Waals surface area contributed by atoms with Crippen molar-refractivity contribution in [3.63, 3.8) is 0 Å². The van der Waals surface area contributed by atoms with Gasteiger partial charge in [-0.2, -0.15) is 0 Å². The first-order valence-electron chi connectivity index (χ1n) is 8.19. The molecule has 132 valence electrons. The van der Waals surface area contributed by atoms with Crippen LogP contribution in [0.25, 0.3) is 0 Å². The first-order chi connectivity index (χ1) is 11.9. The molecule has 7 heteroatoms. The molecule has 0 spiro atoms. The maximum Gasteiger partial charge on any atom is 0.244 e. The molecule has 1 N–H and O–H groups in total. The topological polar surface area (TPSA) is 66.5 Å². The van der Waals surface area contributed by atoms with Crippen LogP contribution in [-0.4, -0.2) is 29.2 Å². The van der Waals surface area contributed by atoms with Crippen LogP contribution in [0.2, 0.25) is 10.0 Å². The Kier molecular flexibility index (Phi) is 5.16. The molecule has 0 bridgehead atoms. The van der Waals surface area contributed by atoms with Crippen molar-refractivity contribution in [2.24, 2.45) is 17.8 Å². The summed E-state index contributed by atoms with van der Waals surface area (Å²) < 4.78 is 0. The van der Waals surface area contributed by atoms with Gasteiger partial charge in [0.25, 0.3) is 0 Å². The number of fused-ring (bicyclic) bond motifs is 1. The van der Waals surface area contributed by atoms with Crippen molar-refractivity contribution < 1.29 is 14.4 Å². The van der Waals surface area contributed by atoms with Gasteiger partial charge in [-0.25, -0.2) is 0 Å². The number of carbonyl (C=O) groups is 3. The zero-order valence-electron chi connectivity index (χ0n) is 13.7. The van der Waals surface area contributed by atoms with Gasteiger partial charge >= 0.3 is 0 Å². The molecule has 0 aromatic heterocycles. The number of allylic oxidation sites excluding steroid dienone is 2. The third-order valence-electron chi connectivity index (χ3n) is 4.78. The van der Waals surface area contributed by atoms with Gasteiger partial charge in [0, 0.05) is 5.69 Å². The Balaban J connectivity index is 1.70. The van der Waals surface area contributed by atoms with Crippen LogP contribution < -0.4 is 5.32 Å². The minimum Gasteiger partial charge on any atom is -0.324 e. The fourth-order valence-electron chi connectivity index (χ4n) is 3.53. The SMILES string of the molecule is CC[C@@H]1C=CC[C@H]2C(=O)N(CC(=O)Nc3ccc(Cl)c(Cl)c3)C(=O)[C@H]12. The number of hydrogen-bond donors (Lipinski definition) is 1. The molecule has 3 atom stereocenters. The normalized spacial score (nSPS) is 25.2. The highest BCUT2D eigenvalue weighted by atomic mass is 35.5. The van der Waals surface area contributed by atoms with Crippen molar-refractivity contribution in [2.75, 3.05) is 11.9 Å². The third-order valence-corrected chi connectivity index (χ3v) is 5.52. The van der Waals surface area contributed by atoms with Crippen LogP contribution in [0.3, 0.4) is 0 Å². The highest BCUT2D eigenvalue weighted by molar-refractivity contribution is 6.42. The summed E-state index contributed by atoms with van der Waals surface area (Å²) in [5.41, 5.74) is 0.462. The quantitative estimate of drug-likeness (QED) is 0.641. The molecule has 1 aliphatic heterocycles. The van der Waals surface area contributed by atoms with Gasteiger partial charge in [0.2, 0.25) is 17.7 Å². The molecule has 1 saturated heterocycles. The molecule has 3 amide bonds. The molecular weight excluding hydrogens is 363 g/mol. The summed E-state index contributed by atoms with van der Waals surface area (Å²) >= 11 is 11.8. The zero-order valence-corrected chi connectivity index (χ0v) is 15.2. The molecule has 2 aliphatic rings. The number of likely N-dealkylation sites (tertiary alicyclic amines) is 1. The smallest absolute Gasteiger partial charge is 0.244 e. The Morgan fingerprint density at radius 3 is 2.68 bits per heavy atom. The second-order valence-corrected chi connectivity index (χ2v) is 7.12. The minimum absolute atomic E-state index is 0.0540. The summed E-state index contributed by atoms with van der Waals surface area (Å²) in [5, 5.41) is 3.34. The lowest BCUT2D eigenvalue weighted by Gasteiger charge is -2.24. The van der Waals surface area contributed by atoms with Crippen LogP contribution in [0.4, 0.5) is 5.69 Å². The monoisotopic (exact) mass is 380 g/mol. The summed E-state index contributed by atoms with van der Waals surface area (Å²) in [4.78, 5) is 38.6. The van der Waals surface area contributed by atoms with Crippen LogP contribution in [0.5, 0.6) is 0 Å². The molecule has 5 nitrogen and oxygen atoms in total. The Morgan fingerprint density at radius 2 is 2.00 bits per heavy atom. The Bertz CT molecular complexity index is 763. The number of hydrogen-bond acceptors (Lipinski definition) is 3. The summed E-state index contributed by atoms with van der Waals surface area (Å²) in [6, 6.07) is 4.69. The number of nitrogens with one attached hydrogen (secondary N) is 1. The third kappa shape index (κ3) is 3.44. The number of imide groups is 1. The molecule has 1 aromatic rings. The van der Waals surface area contributed by atoms with Crippen molar-refractivity contribution >= 4 is 46.6 Å². The van der Waals surface area contributed by atoms with Crippen LogP contribution in [0, 0.1) is 17.8 Å². The van der Waals surface area contributed by atoms with Crippen LogP contribution in [0.1, 0.15) is 19.8 Å². The van der Waals surface area contributed by atoms with E-state index in [-0.39, 0.29) is 36.1 Å². The van der Waals surface area contributed by atoms with Crippen LogP contribution in [0.15, 0.2) is 30.4 Å². The largest absolute Gasteiger partial charge is 0.324 e. The lowest BCUT2D eigenvalue weighted by molar-refractivity contribution is -0.142. The highest BCUT2D eigenvalue weighted by Crippen LogP contribution is 2.39. The van der Waals surface area contributed by atoms with E-state index in [4.69, 9.17) is 23.2 Å². The summed E-state index contributed by atoms with van der Waals surface area (Å²) in [6.45, 7) is 1.70. The molecule has 1 heterocycles. The maximum absolute atomic E-state index is 12.7. The second-order valence-electron chi connectivity index (χ2n) is 6.31. The molecular formula is C18H18Cl2N2O3. The number of amides is 3. The van der Waals surface area contributed by atoms with Crippen molar-refractivity contribution in [3.8, 4) is 0 Å². The molecule has 0 radical (unpaired) electrons. The van der Waals surface area contributed by atoms with E-state index in [1.54, 1.807) is 12.1 Å². The van der Waals surface area contributed by atoms with Crippen LogP contribution in [-0.2, 0) is 14.4 Å². The first-order valence-corrected chi connectivity index (χ1v) is 8.94. The minimum atomic E-state index is -0.445. The molecule has 3 rings (SSSR count). The van der Waals surface area contributed by atoms with E-state index in [0.717, 1.165) is 11.3 Å². The van der Waals surface area contributed by atoms with Crippen molar-refractivity contribution in [2.45, 2.75) is 19.8 Å². The number of rotatable bonds is 4. The average Bonchev–Trinajstić information content (AvgIpc) is 2.83. The van der Waals surface area contributed by atoms with Crippen molar-refractivity contribution in [3.05, 3.63) is 40.4 Å². The van der Waals surface area contributed by atoms with Crippen LogP contribution >= 0.6 is 23.2 Å². The number of benzene rings is 1. The van der Waals surface area contributed by atoms with E-state index in [9.17, 15) is 14.4 Å². The van der Waals surface area contributed by atoms with Gasteiger partial charge in [0.15, 0.2) is 0 Å². The predicted molar refractivity (Wildman–Crippen MR) is 96.3 cm³/mol. The standard InChI is InChI=1S/C18H18Cl2N2O3/c1-2-10-4-3-5-12-16(10)18(25)22(17(12)24)9-15(23)21-11-6-7-13(19)14(20)8-11/h3-4,6-8,10,12,16H,2,5,9H2,1H3,(H,21,23)/t10-,12-,16-/m1/s1. The van der Waals surface area contributed by atoms with Gasteiger partial charge < -0.3 is 5.32 Å². The van der Waals surface area contributed by atoms with E-state index in [1.807, 2.05) is 19.1 Å². The summed E-state index contributed by atoms with van der Waals surface area (Å²) in [6.07, 6.45) is 5.31. The maximum atomic E-state index is 12.7. The van der Waals surface area contributed by atoms with E-state index in [1.165, 1.54) is 6.07 Å². The molecule has 1 aromatic carbocycles. The van der Waals surface area contributed by atoms with Gasteiger partial charge in [-0.05, 0) is 37.0 Å². The number of halogens is 2. The molecule has 0 saturated carbocycles. The van der Waals surface area contributed by atoms with Gasteiger partial charge in [0.1, 0.15) is 6.54 Å². The van der Waals surface area contributed by atoms with E-state index in [0.29, 0.717) is 22.2 Å². The number of carbonyl (C=O) groups excluding carboxylic acids is 3. The lowest BCUT2D eigenvalue weighted by Crippen LogP contribution is -2.38. The molecule has 25 heavy (non-hydrogen) atoms. The Morgan fingerprint density at radius 1 is 1.24 bits per heavy atom.